The first-order valence-corrected chi connectivity index (χ1v) is 8.59. The maximum absolute atomic E-state index is 13.1. The molecule has 6 heteroatoms. The highest BCUT2D eigenvalue weighted by Gasteiger charge is 2.44. The van der Waals surface area contributed by atoms with Crippen molar-refractivity contribution in [2.45, 2.75) is 18.3 Å². The Kier molecular flexibility index (Phi) is 3.69. The van der Waals surface area contributed by atoms with Gasteiger partial charge in [0, 0.05) is 18.0 Å². The molecule has 0 saturated heterocycles. The first-order valence-electron chi connectivity index (χ1n) is 7.71. The maximum Gasteiger partial charge on any atom is 0.273 e. The highest BCUT2D eigenvalue weighted by Crippen LogP contribution is 2.47. The molecule has 1 N–H and O–H groups in total. The van der Waals surface area contributed by atoms with E-state index in [2.05, 4.69) is 10.5 Å². The first-order chi connectivity index (χ1) is 11.7. The molecular formula is C18H15FN2O2S. The molecule has 24 heavy (non-hydrogen) atoms. The van der Waals surface area contributed by atoms with Crippen molar-refractivity contribution in [3.05, 3.63) is 64.9 Å². The number of carbonyl (C=O) groups is 1. The van der Waals surface area contributed by atoms with E-state index in [1.54, 1.807) is 18.2 Å². The van der Waals surface area contributed by atoms with Gasteiger partial charge in [-0.1, -0.05) is 23.4 Å². The minimum Gasteiger partial charge on any atom is -0.355 e. The lowest BCUT2D eigenvalue weighted by Gasteiger charge is -2.16. The van der Waals surface area contributed by atoms with Crippen LogP contribution in [0.3, 0.4) is 0 Å². The van der Waals surface area contributed by atoms with Gasteiger partial charge in [0.25, 0.3) is 5.91 Å². The average molecular weight is 342 g/mol. The molecule has 4 rings (SSSR count). The summed E-state index contributed by atoms with van der Waals surface area (Å²) in [5.41, 5.74) is 1.25. The summed E-state index contributed by atoms with van der Waals surface area (Å²) < 4.78 is 18.3. The molecule has 0 unspecified atom stereocenters. The third kappa shape index (κ3) is 2.85. The highest BCUT2D eigenvalue weighted by atomic mass is 32.1. The number of thiophene rings is 1. The van der Waals surface area contributed by atoms with Gasteiger partial charge in [0.2, 0.25) is 0 Å². The number of nitrogens with zero attached hydrogens (tertiary/aromatic N) is 1. The Morgan fingerprint density at radius 1 is 1.29 bits per heavy atom. The summed E-state index contributed by atoms with van der Waals surface area (Å²) in [5.74, 6) is 0.0899. The summed E-state index contributed by atoms with van der Waals surface area (Å²) in [6.45, 7) is 0.513. The molecule has 1 amide bonds. The molecule has 2 aromatic heterocycles. The Morgan fingerprint density at radius 3 is 2.75 bits per heavy atom. The largest absolute Gasteiger partial charge is 0.355 e. The minimum absolute atomic E-state index is 0.0797. The van der Waals surface area contributed by atoms with Crippen molar-refractivity contribution in [2.75, 3.05) is 6.54 Å². The van der Waals surface area contributed by atoms with E-state index >= 15 is 0 Å². The smallest absolute Gasteiger partial charge is 0.273 e. The van der Waals surface area contributed by atoms with Crippen molar-refractivity contribution >= 4 is 17.2 Å². The SMILES string of the molecule is O=C(NCC1(c2ccc(F)cc2)CC1)c1cc(-c2cccs2)on1. The zero-order valence-corrected chi connectivity index (χ0v) is 13.6. The van der Waals surface area contributed by atoms with Crippen LogP contribution in [0.2, 0.25) is 0 Å². The van der Waals surface area contributed by atoms with Crippen LogP contribution in [0.25, 0.3) is 10.6 Å². The second-order valence-corrected chi connectivity index (χ2v) is 6.97. The fourth-order valence-corrected chi connectivity index (χ4v) is 3.45. The van der Waals surface area contributed by atoms with Crippen molar-refractivity contribution in [3.63, 3.8) is 0 Å². The van der Waals surface area contributed by atoms with Gasteiger partial charge in [-0.15, -0.1) is 11.3 Å². The molecule has 1 aliphatic carbocycles. The van der Waals surface area contributed by atoms with E-state index in [1.807, 2.05) is 17.5 Å². The lowest BCUT2D eigenvalue weighted by atomic mass is 9.96. The third-order valence-electron chi connectivity index (χ3n) is 4.40. The Bertz CT molecular complexity index is 852. The predicted octanol–water partition coefficient (Wildman–Crippen LogP) is 4.00. The van der Waals surface area contributed by atoms with Crippen LogP contribution in [-0.2, 0) is 5.41 Å². The normalized spacial score (nSPS) is 15.2. The Hall–Kier alpha value is -2.47. The quantitative estimate of drug-likeness (QED) is 0.762. The van der Waals surface area contributed by atoms with Crippen LogP contribution >= 0.6 is 11.3 Å². The van der Waals surface area contributed by atoms with Crippen LogP contribution in [0.15, 0.2) is 52.4 Å². The fraction of sp³-hybridized carbons (Fsp3) is 0.222. The standard InChI is InChI=1S/C18H15FN2O2S/c19-13-5-3-12(4-6-13)18(7-8-18)11-20-17(22)14-10-15(23-21-14)16-2-1-9-24-16/h1-6,9-10H,7-8,11H2,(H,20,22). The van der Waals surface area contributed by atoms with Gasteiger partial charge < -0.3 is 9.84 Å². The van der Waals surface area contributed by atoms with E-state index in [4.69, 9.17) is 4.52 Å². The molecule has 0 atom stereocenters. The van der Waals surface area contributed by atoms with Crippen LogP contribution in [0, 0.1) is 5.82 Å². The Morgan fingerprint density at radius 2 is 2.08 bits per heavy atom. The molecule has 2 heterocycles. The second-order valence-electron chi connectivity index (χ2n) is 6.02. The predicted molar refractivity (Wildman–Crippen MR) is 89.5 cm³/mol. The van der Waals surface area contributed by atoms with Gasteiger partial charge in [-0.05, 0) is 42.0 Å². The highest BCUT2D eigenvalue weighted by molar-refractivity contribution is 7.13. The van der Waals surface area contributed by atoms with Crippen molar-refractivity contribution in [1.82, 2.24) is 10.5 Å². The fourth-order valence-electron chi connectivity index (χ4n) is 2.78. The molecule has 1 saturated carbocycles. The van der Waals surface area contributed by atoms with E-state index in [0.29, 0.717) is 12.3 Å². The van der Waals surface area contributed by atoms with E-state index in [0.717, 1.165) is 23.3 Å². The van der Waals surface area contributed by atoms with Crippen LogP contribution in [-0.4, -0.2) is 17.6 Å². The number of aromatic nitrogens is 1. The van der Waals surface area contributed by atoms with Gasteiger partial charge in [-0.25, -0.2) is 4.39 Å². The molecule has 1 aromatic carbocycles. The van der Waals surface area contributed by atoms with Crippen molar-refractivity contribution in [2.24, 2.45) is 0 Å². The third-order valence-corrected chi connectivity index (χ3v) is 5.29. The van der Waals surface area contributed by atoms with Gasteiger partial charge in [0.05, 0.1) is 4.88 Å². The number of nitrogens with one attached hydrogen (secondary N) is 1. The van der Waals surface area contributed by atoms with Crippen LogP contribution in [0.1, 0.15) is 28.9 Å². The molecule has 1 aliphatic rings. The van der Waals surface area contributed by atoms with E-state index in [9.17, 15) is 9.18 Å². The first kappa shape index (κ1) is 15.1. The molecule has 0 spiro atoms. The van der Waals surface area contributed by atoms with Crippen molar-refractivity contribution in [1.29, 1.82) is 0 Å². The van der Waals surface area contributed by atoms with Crippen molar-refractivity contribution < 1.29 is 13.7 Å². The van der Waals surface area contributed by atoms with Crippen LogP contribution in [0.4, 0.5) is 4.39 Å². The van der Waals surface area contributed by atoms with Crippen molar-refractivity contribution in [3.8, 4) is 10.6 Å². The van der Waals surface area contributed by atoms with E-state index in [1.165, 1.54) is 23.5 Å². The molecule has 122 valence electrons. The summed E-state index contributed by atoms with van der Waals surface area (Å²) >= 11 is 1.53. The number of amides is 1. The van der Waals surface area contributed by atoms with E-state index in [-0.39, 0.29) is 22.8 Å². The monoisotopic (exact) mass is 342 g/mol. The zero-order chi connectivity index (χ0) is 16.6. The Balaban J connectivity index is 1.43. The molecule has 0 bridgehead atoms. The number of halogens is 1. The number of hydrogen-bond acceptors (Lipinski definition) is 4. The molecule has 3 aromatic rings. The maximum atomic E-state index is 13.1. The van der Waals surface area contributed by atoms with Crippen LogP contribution in [0.5, 0.6) is 0 Å². The number of rotatable bonds is 5. The average Bonchev–Trinajstić information content (AvgIpc) is 3.02. The lowest BCUT2D eigenvalue weighted by Crippen LogP contribution is -2.32. The molecule has 4 nitrogen and oxygen atoms in total. The van der Waals surface area contributed by atoms with Gasteiger partial charge >= 0.3 is 0 Å². The lowest BCUT2D eigenvalue weighted by molar-refractivity contribution is 0.0940. The minimum atomic E-state index is -0.255. The number of hydrogen-bond donors (Lipinski definition) is 1. The molecule has 0 aliphatic heterocycles. The summed E-state index contributed by atoms with van der Waals surface area (Å²) in [7, 11) is 0. The number of carbonyl (C=O) groups excluding carboxylic acids is 1. The summed E-state index contributed by atoms with van der Waals surface area (Å²) in [6, 6.07) is 12.0. The van der Waals surface area contributed by atoms with E-state index < -0.39 is 0 Å². The topological polar surface area (TPSA) is 55.1 Å². The zero-order valence-electron chi connectivity index (χ0n) is 12.8. The Labute approximate surface area is 142 Å². The summed E-state index contributed by atoms with van der Waals surface area (Å²) in [5, 5.41) is 8.71. The molecular weight excluding hydrogens is 327 g/mol. The molecule has 1 fully saturated rings. The summed E-state index contributed by atoms with van der Waals surface area (Å²) in [4.78, 5) is 13.2. The van der Waals surface area contributed by atoms with Gasteiger partial charge in [0.1, 0.15) is 5.82 Å². The van der Waals surface area contributed by atoms with Gasteiger partial charge in [-0.3, -0.25) is 4.79 Å². The summed E-state index contributed by atoms with van der Waals surface area (Å²) in [6.07, 6.45) is 1.97. The van der Waals surface area contributed by atoms with Crippen LogP contribution < -0.4 is 5.32 Å². The van der Waals surface area contributed by atoms with Gasteiger partial charge in [0.15, 0.2) is 11.5 Å². The molecule has 0 radical (unpaired) electrons. The number of benzene rings is 1. The van der Waals surface area contributed by atoms with Gasteiger partial charge in [-0.2, -0.15) is 0 Å². The second kappa shape index (κ2) is 5.87.